The topological polar surface area (TPSA) is 31.2 Å². The molecule has 0 saturated carbocycles. The fraction of sp³-hybridized carbons (Fsp3) is 0.207. The molecule has 162 valence electrons. The molecule has 1 aromatic heterocycles. The minimum absolute atomic E-state index is 0.0126. The van der Waals surface area contributed by atoms with Crippen molar-refractivity contribution < 1.29 is 9.53 Å². The molecule has 0 N–H and O–H groups in total. The molecule has 0 amide bonds. The second-order valence-electron chi connectivity index (χ2n) is 8.54. The number of carbonyl (C=O) groups is 1. The molecule has 0 fully saturated rings. The van der Waals surface area contributed by atoms with Gasteiger partial charge in [0.2, 0.25) is 0 Å². The predicted octanol–water partition coefficient (Wildman–Crippen LogP) is 7.18. The standard InChI is InChI=1S/C29H29NO2/c1-20(2)29(31)24-12-14-25(15-13-24)30-22(4)11-16-27(30)26-18-21(3)10-17-28(26)32-19-23-8-6-5-7-9-23/h5-18,20H,19H2,1-4H3. The first-order valence-electron chi connectivity index (χ1n) is 11.0. The first-order valence-corrected chi connectivity index (χ1v) is 11.0. The first kappa shape index (κ1) is 21.6. The SMILES string of the molecule is Cc1ccc(OCc2ccccc2)c(-c2ccc(C)n2-c2ccc(C(=O)C(C)C)cc2)c1. The van der Waals surface area contributed by atoms with E-state index in [0.29, 0.717) is 6.61 Å². The number of ketones is 1. The van der Waals surface area contributed by atoms with Crippen LogP contribution < -0.4 is 4.74 Å². The summed E-state index contributed by atoms with van der Waals surface area (Å²) in [6.07, 6.45) is 0. The van der Waals surface area contributed by atoms with Gasteiger partial charge in [-0.05, 0) is 67.9 Å². The van der Waals surface area contributed by atoms with Crippen LogP contribution in [-0.2, 0) is 6.61 Å². The first-order chi connectivity index (χ1) is 15.4. The minimum Gasteiger partial charge on any atom is -0.488 e. The molecule has 4 rings (SSSR count). The fourth-order valence-corrected chi connectivity index (χ4v) is 3.90. The van der Waals surface area contributed by atoms with E-state index in [1.54, 1.807) is 0 Å². The number of rotatable bonds is 7. The Morgan fingerprint density at radius 3 is 2.28 bits per heavy atom. The molecule has 0 aliphatic carbocycles. The number of aryl methyl sites for hydroxylation is 2. The summed E-state index contributed by atoms with van der Waals surface area (Å²) >= 11 is 0. The van der Waals surface area contributed by atoms with E-state index in [-0.39, 0.29) is 11.7 Å². The highest BCUT2D eigenvalue weighted by atomic mass is 16.5. The highest BCUT2D eigenvalue weighted by molar-refractivity contribution is 5.97. The van der Waals surface area contributed by atoms with Crippen molar-refractivity contribution in [3.63, 3.8) is 0 Å². The zero-order valence-electron chi connectivity index (χ0n) is 19.1. The smallest absolute Gasteiger partial charge is 0.165 e. The van der Waals surface area contributed by atoms with Gasteiger partial charge in [0.25, 0.3) is 0 Å². The average molecular weight is 424 g/mol. The van der Waals surface area contributed by atoms with Crippen LogP contribution in [0.25, 0.3) is 16.9 Å². The van der Waals surface area contributed by atoms with Gasteiger partial charge in [-0.25, -0.2) is 0 Å². The van der Waals surface area contributed by atoms with E-state index in [0.717, 1.165) is 39.5 Å². The molecule has 3 aromatic carbocycles. The number of hydrogen-bond donors (Lipinski definition) is 0. The van der Waals surface area contributed by atoms with E-state index in [9.17, 15) is 4.79 Å². The molecule has 0 aliphatic heterocycles. The van der Waals surface area contributed by atoms with E-state index in [2.05, 4.69) is 54.8 Å². The molecule has 0 aliphatic rings. The van der Waals surface area contributed by atoms with E-state index in [1.165, 1.54) is 5.56 Å². The van der Waals surface area contributed by atoms with Gasteiger partial charge < -0.3 is 9.30 Å². The Balaban J connectivity index is 1.71. The minimum atomic E-state index is -0.0126. The largest absolute Gasteiger partial charge is 0.488 e. The average Bonchev–Trinajstić information content (AvgIpc) is 3.19. The van der Waals surface area contributed by atoms with Gasteiger partial charge in [-0.15, -0.1) is 0 Å². The van der Waals surface area contributed by atoms with E-state index >= 15 is 0 Å². The van der Waals surface area contributed by atoms with Crippen LogP contribution in [0, 0.1) is 19.8 Å². The molecule has 0 bridgehead atoms. The van der Waals surface area contributed by atoms with Gasteiger partial charge in [0, 0.05) is 28.4 Å². The summed E-state index contributed by atoms with van der Waals surface area (Å²) in [5.74, 6) is 1.00. The monoisotopic (exact) mass is 423 g/mol. The maximum Gasteiger partial charge on any atom is 0.165 e. The van der Waals surface area contributed by atoms with Gasteiger partial charge in [0.05, 0.1) is 5.69 Å². The molecular weight excluding hydrogens is 394 g/mol. The van der Waals surface area contributed by atoms with E-state index in [4.69, 9.17) is 4.74 Å². The Morgan fingerprint density at radius 1 is 0.875 bits per heavy atom. The summed E-state index contributed by atoms with van der Waals surface area (Å²) in [4.78, 5) is 12.3. The Bertz CT molecular complexity index is 1220. The second kappa shape index (κ2) is 9.27. The van der Waals surface area contributed by atoms with Crippen molar-refractivity contribution in [3.8, 4) is 22.7 Å². The van der Waals surface area contributed by atoms with Crippen LogP contribution in [-0.4, -0.2) is 10.4 Å². The van der Waals surface area contributed by atoms with Crippen molar-refractivity contribution in [2.75, 3.05) is 0 Å². The summed E-state index contributed by atoms with van der Waals surface area (Å²) in [6.45, 7) is 8.56. The lowest BCUT2D eigenvalue weighted by Gasteiger charge is -2.17. The summed E-state index contributed by atoms with van der Waals surface area (Å²) in [5.41, 5.74) is 7.33. The van der Waals surface area contributed by atoms with Crippen LogP contribution in [0.4, 0.5) is 0 Å². The number of nitrogens with zero attached hydrogens (tertiary/aromatic N) is 1. The molecular formula is C29H29NO2. The molecule has 4 aromatic rings. The number of benzene rings is 3. The maximum absolute atomic E-state index is 12.3. The molecule has 0 radical (unpaired) electrons. The molecule has 0 unspecified atom stereocenters. The molecule has 32 heavy (non-hydrogen) atoms. The number of hydrogen-bond acceptors (Lipinski definition) is 2. The van der Waals surface area contributed by atoms with Crippen LogP contribution in [0.5, 0.6) is 5.75 Å². The number of ether oxygens (including phenoxy) is 1. The molecule has 3 nitrogen and oxygen atoms in total. The van der Waals surface area contributed by atoms with Gasteiger partial charge >= 0.3 is 0 Å². The molecule has 3 heteroatoms. The third kappa shape index (κ3) is 4.52. The summed E-state index contributed by atoms with van der Waals surface area (Å²) < 4.78 is 8.47. The summed E-state index contributed by atoms with van der Waals surface area (Å²) in [7, 11) is 0. The Labute approximate surface area is 190 Å². The third-order valence-electron chi connectivity index (χ3n) is 5.66. The lowest BCUT2D eigenvalue weighted by molar-refractivity contribution is 0.0939. The lowest BCUT2D eigenvalue weighted by atomic mass is 10.0. The van der Waals surface area contributed by atoms with Crippen LogP contribution in [0.15, 0.2) is 84.9 Å². The zero-order valence-corrected chi connectivity index (χ0v) is 19.1. The van der Waals surface area contributed by atoms with Crippen LogP contribution in [0.2, 0.25) is 0 Å². The van der Waals surface area contributed by atoms with Crippen LogP contribution >= 0.6 is 0 Å². The molecule has 0 atom stereocenters. The Kier molecular flexibility index (Phi) is 6.27. The van der Waals surface area contributed by atoms with Crippen LogP contribution in [0.1, 0.15) is 41.0 Å². The van der Waals surface area contributed by atoms with Gasteiger partial charge in [-0.2, -0.15) is 0 Å². The van der Waals surface area contributed by atoms with E-state index < -0.39 is 0 Å². The normalized spacial score (nSPS) is 11.0. The van der Waals surface area contributed by atoms with Crippen molar-refractivity contribution in [3.05, 3.63) is 107 Å². The number of carbonyl (C=O) groups excluding carboxylic acids is 1. The Morgan fingerprint density at radius 2 is 1.59 bits per heavy atom. The highest BCUT2D eigenvalue weighted by Crippen LogP contribution is 2.35. The third-order valence-corrected chi connectivity index (χ3v) is 5.66. The van der Waals surface area contributed by atoms with Gasteiger partial charge in [0.1, 0.15) is 12.4 Å². The summed E-state index contributed by atoms with van der Waals surface area (Å²) in [5, 5.41) is 0. The molecule has 0 saturated heterocycles. The van der Waals surface area contributed by atoms with Crippen molar-refractivity contribution >= 4 is 5.78 Å². The van der Waals surface area contributed by atoms with Crippen molar-refractivity contribution in [2.24, 2.45) is 5.92 Å². The Hall–Kier alpha value is -3.59. The van der Waals surface area contributed by atoms with Crippen molar-refractivity contribution in [1.82, 2.24) is 4.57 Å². The molecule has 1 heterocycles. The quantitative estimate of drug-likeness (QED) is 0.295. The zero-order chi connectivity index (χ0) is 22.7. The van der Waals surface area contributed by atoms with Gasteiger partial charge in [0.15, 0.2) is 5.78 Å². The maximum atomic E-state index is 12.3. The highest BCUT2D eigenvalue weighted by Gasteiger charge is 2.16. The summed E-state index contributed by atoms with van der Waals surface area (Å²) in [6, 6.07) is 28.6. The number of aromatic nitrogens is 1. The van der Waals surface area contributed by atoms with Crippen molar-refractivity contribution in [1.29, 1.82) is 0 Å². The predicted molar refractivity (Wildman–Crippen MR) is 131 cm³/mol. The van der Waals surface area contributed by atoms with Gasteiger partial charge in [-0.1, -0.05) is 55.8 Å². The van der Waals surface area contributed by atoms with E-state index in [1.807, 2.05) is 62.4 Å². The van der Waals surface area contributed by atoms with Crippen LogP contribution in [0.3, 0.4) is 0 Å². The lowest BCUT2D eigenvalue weighted by Crippen LogP contribution is -2.08. The molecule has 0 spiro atoms. The fourth-order valence-electron chi connectivity index (χ4n) is 3.90. The second-order valence-corrected chi connectivity index (χ2v) is 8.54. The number of Topliss-reactive ketones (excluding diaryl/α,β-unsaturated/α-hetero) is 1. The van der Waals surface area contributed by atoms with Crippen molar-refractivity contribution in [2.45, 2.75) is 34.3 Å². The van der Waals surface area contributed by atoms with Gasteiger partial charge in [-0.3, -0.25) is 4.79 Å².